The summed E-state index contributed by atoms with van der Waals surface area (Å²) < 4.78 is -0.0991. The van der Waals surface area contributed by atoms with Crippen LogP contribution in [-0.4, -0.2) is 32.3 Å². The topological polar surface area (TPSA) is 0 Å². The van der Waals surface area contributed by atoms with Crippen molar-refractivity contribution in [2.45, 2.75) is 111 Å². The van der Waals surface area contributed by atoms with Crippen molar-refractivity contribution < 1.29 is 57.7 Å². The van der Waals surface area contributed by atoms with E-state index in [1.165, 1.54) is 27.8 Å². The van der Waals surface area contributed by atoms with Crippen LogP contribution in [0, 0.1) is 20.8 Å². The molecule has 0 aliphatic heterocycles. The molecule has 0 fully saturated rings. The molecular formula is C39H57Cl3Si4Ti. The van der Waals surface area contributed by atoms with Crippen molar-refractivity contribution in [1.29, 1.82) is 0 Å². The van der Waals surface area contributed by atoms with E-state index in [4.69, 9.17) is 0 Å². The first kappa shape index (κ1) is 44.6. The normalized spacial score (nSPS) is 15.3. The van der Waals surface area contributed by atoms with Crippen LogP contribution < -0.4 is 68.3 Å². The molecule has 0 saturated heterocycles. The average molecular weight is 792 g/mol. The Hall–Kier alpha value is -0.408. The van der Waals surface area contributed by atoms with Crippen molar-refractivity contribution in [3.8, 4) is 0 Å². The number of halogens is 3. The Kier molecular flexibility index (Phi) is 14.3. The van der Waals surface area contributed by atoms with Gasteiger partial charge in [0.25, 0.3) is 0 Å². The summed E-state index contributed by atoms with van der Waals surface area (Å²) in [5.41, 5.74) is 10.4. The number of hydrogen-bond acceptors (Lipinski definition) is 0. The van der Waals surface area contributed by atoms with Crippen LogP contribution in [-0.2, 0) is 20.4 Å². The zero-order valence-electron chi connectivity index (χ0n) is 31.8. The molecule has 0 aromatic heterocycles. The molecule has 0 N–H and O–H groups in total. The van der Waals surface area contributed by atoms with E-state index >= 15 is 0 Å². The van der Waals surface area contributed by atoms with E-state index in [1.807, 2.05) is 0 Å². The first-order valence-corrected chi connectivity index (χ1v) is 29.7. The SMILES string of the molecule is CC1=C(C)[C]([Ti+3])([Si](c2ccc(C)cc2[Si](C)(C)C)(c2ccc(C)cc2[Si](C)(C)C)c2ccc(C)cc2[Si](C)(C)C)C(C)=C1C.[Cl-].[Cl-].[Cl-]. The molecule has 0 radical (unpaired) electrons. The standard InChI is InChI=1S/C39H57Si4.3ClH.Ti/c1-26-17-20-33(36(23-26)40(8,9)10)43(39-31(6)29(4)30(5)32(39)7,34-21-18-27(2)24-37(34)41(11,12)13)35-22-19-28(3)25-38(35)42(14,15)16;;;;/h17-25H,1-16H3;3*1H;/q;;;;+3/p-3. The van der Waals surface area contributed by atoms with Gasteiger partial charge in [0.2, 0.25) is 0 Å². The van der Waals surface area contributed by atoms with Gasteiger partial charge in [0.15, 0.2) is 0 Å². The Morgan fingerprint density at radius 2 is 0.638 bits per heavy atom. The maximum Gasteiger partial charge on any atom is -1.00 e. The van der Waals surface area contributed by atoms with Gasteiger partial charge in [-0.25, -0.2) is 0 Å². The van der Waals surface area contributed by atoms with Crippen molar-refractivity contribution in [1.82, 2.24) is 0 Å². The predicted molar refractivity (Wildman–Crippen MR) is 207 cm³/mol. The number of allylic oxidation sites excluding steroid dienone is 4. The quantitative estimate of drug-likeness (QED) is 0.206. The summed E-state index contributed by atoms with van der Waals surface area (Å²) in [6.07, 6.45) is 0. The molecule has 4 rings (SSSR count). The number of rotatable bonds is 7. The van der Waals surface area contributed by atoms with Crippen LogP contribution in [0.1, 0.15) is 44.4 Å². The van der Waals surface area contributed by atoms with Crippen LogP contribution in [0.4, 0.5) is 0 Å². The third-order valence-electron chi connectivity index (χ3n) is 10.5. The van der Waals surface area contributed by atoms with Gasteiger partial charge < -0.3 is 37.2 Å². The van der Waals surface area contributed by atoms with Gasteiger partial charge in [-0.2, -0.15) is 0 Å². The Balaban J connectivity index is 0.00000368. The largest absolute Gasteiger partial charge is 1.00 e. The average Bonchev–Trinajstić information content (AvgIpc) is 3.05. The summed E-state index contributed by atoms with van der Waals surface area (Å²) in [5, 5.41) is 10.0. The monoisotopic (exact) mass is 790 g/mol. The summed E-state index contributed by atoms with van der Waals surface area (Å²) in [4.78, 5) is 0. The van der Waals surface area contributed by atoms with Gasteiger partial charge in [-0.1, -0.05) is 0 Å². The zero-order chi connectivity index (χ0) is 33.4. The molecule has 1 aliphatic carbocycles. The molecule has 1 aliphatic rings. The first-order valence-electron chi connectivity index (χ1n) is 16.5. The molecule has 8 heteroatoms. The van der Waals surface area contributed by atoms with Gasteiger partial charge in [0, 0.05) is 0 Å². The fourth-order valence-electron chi connectivity index (χ4n) is 7.83. The molecule has 0 amide bonds. The predicted octanol–water partition coefficient (Wildman–Crippen LogP) is -1.34. The summed E-state index contributed by atoms with van der Waals surface area (Å²) >= 11 is 2.68. The van der Waals surface area contributed by atoms with Crippen LogP contribution >= 0.6 is 0 Å². The summed E-state index contributed by atoms with van der Waals surface area (Å²) in [5.74, 6) is 0. The van der Waals surface area contributed by atoms with E-state index in [-0.39, 0.29) is 40.6 Å². The zero-order valence-corrected chi connectivity index (χ0v) is 39.7. The van der Waals surface area contributed by atoms with E-state index < -0.39 is 32.3 Å². The maximum absolute atomic E-state index is 2.87. The molecule has 254 valence electrons. The van der Waals surface area contributed by atoms with Gasteiger partial charge in [0.1, 0.15) is 0 Å². The van der Waals surface area contributed by atoms with E-state index in [0.717, 1.165) is 0 Å². The fraction of sp³-hybridized carbons (Fsp3) is 0.436. The minimum atomic E-state index is -2.87. The molecule has 0 bridgehead atoms. The van der Waals surface area contributed by atoms with Crippen molar-refractivity contribution in [3.63, 3.8) is 0 Å². The van der Waals surface area contributed by atoms with Crippen LogP contribution in [0.3, 0.4) is 0 Å². The maximum atomic E-state index is 2.68. The molecule has 0 heterocycles. The molecule has 47 heavy (non-hydrogen) atoms. The fourth-order valence-corrected chi connectivity index (χ4v) is 26.0. The van der Waals surface area contributed by atoms with E-state index in [1.54, 1.807) is 42.3 Å². The van der Waals surface area contributed by atoms with E-state index in [9.17, 15) is 0 Å². The Morgan fingerprint density at radius 3 is 0.851 bits per heavy atom. The van der Waals surface area contributed by atoms with E-state index in [0.29, 0.717) is 0 Å². The molecule has 0 spiro atoms. The molecule has 0 unspecified atom stereocenters. The van der Waals surface area contributed by atoms with E-state index in [2.05, 4.69) is 182 Å². The van der Waals surface area contributed by atoms with Crippen molar-refractivity contribution in [2.75, 3.05) is 0 Å². The number of hydrogen-bond donors (Lipinski definition) is 0. The minimum Gasteiger partial charge on any atom is -1.00 e. The second kappa shape index (κ2) is 15.1. The van der Waals surface area contributed by atoms with Gasteiger partial charge in [-0.05, 0) is 0 Å². The Morgan fingerprint density at radius 1 is 0.404 bits per heavy atom. The second-order valence-electron chi connectivity index (χ2n) is 16.9. The molecule has 0 nitrogen and oxygen atoms in total. The Labute approximate surface area is 322 Å². The van der Waals surface area contributed by atoms with Gasteiger partial charge >= 0.3 is 288 Å². The first-order chi connectivity index (χ1) is 20.0. The van der Waals surface area contributed by atoms with Gasteiger partial charge in [-0.15, -0.1) is 0 Å². The van der Waals surface area contributed by atoms with Crippen molar-refractivity contribution in [3.05, 3.63) is 93.6 Å². The number of aryl methyl sites for hydroxylation is 3. The van der Waals surface area contributed by atoms with Crippen molar-refractivity contribution >= 4 is 63.4 Å². The second-order valence-corrected chi connectivity index (χ2v) is 37.8. The summed E-state index contributed by atoms with van der Waals surface area (Å²) in [6, 6.07) is 23.0. The number of benzene rings is 3. The minimum absolute atomic E-state index is 0. The van der Waals surface area contributed by atoms with Crippen LogP contribution in [0.2, 0.25) is 62.3 Å². The molecule has 3 aromatic carbocycles. The smallest absolute Gasteiger partial charge is 1.00 e. The van der Waals surface area contributed by atoms with Gasteiger partial charge in [-0.3, -0.25) is 0 Å². The summed E-state index contributed by atoms with van der Waals surface area (Å²) in [7, 11) is -8.18. The molecule has 0 saturated carbocycles. The van der Waals surface area contributed by atoms with Crippen LogP contribution in [0.5, 0.6) is 0 Å². The van der Waals surface area contributed by atoms with Gasteiger partial charge in [0.05, 0.1) is 0 Å². The summed E-state index contributed by atoms with van der Waals surface area (Å²) in [6.45, 7) is 39.9. The Bertz CT molecular complexity index is 1520. The molecular weight excluding hydrogens is 735 g/mol. The van der Waals surface area contributed by atoms with Crippen LogP contribution in [0.15, 0.2) is 76.9 Å². The third-order valence-corrected chi connectivity index (χ3v) is 25.9. The molecule has 3 aromatic rings. The van der Waals surface area contributed by atoms with Crippen molar-refractivity contribution in [2.24, 2.45) is 0 Å². The van der Waals surface area contributed by atoms with Crippen LogP contribution in [0.25, 0.3) is 0 Å². The third kappa shape index (κ3) is 7.48. The molecule has 0 atom stereocenters.